The lowest BCUT2D eigenvalue weighted by molar-refractivity contribution is 0.414. The normalized spacial score (nSPS) is 10.4. The quantitative estimate of drug-likeness (QED) is 0.856. The molecule has 0 aliphatic rings. The summed E-state index contributed by atoms with van der Waals surface area (Å²) in [6.45, 7) is 2.87. The number of aromatic nitrogens is 5. The highest BCUT2D eigenvalue weighted by Crippen LogP contribution is 2.31. The maximum Gasteiger partial charge on any atom is 0.189 e. The highest BCUT2D eigenvalue weighted by molar-refractivity contribution is 5.69. The van der Waals surface area contributed by atoms with Crippen LogP contribution in [0.4, 0.5) is 5.82 Å². The summed E-state index contributed by atoms with van der Waals surface area (Å²) in [4.78, 5) is 8.38. The van der Waals surface area contributed by atoms with Crippen molar-refractivity contribution >= 4 is 5.82 Å². The Hall–Kier alpha value is -2.18. The van der Waals surface area contributed by atoms with Gasteiger partial charge in [0.05, 0.1) is 13.3 Å². The van der Waals surface area contributed by atoms with E-state index in [2.05, 4.69) is 32.5 Å². The van der Waals surface area contributed by atoms with E-state index >= 15 is 0 Å². The highest BCUT2D eigenvalue weighted by Gasteiger charge is 2.16. The van der Waals surface area contributed by atoms with Crippen molar-refractivity contribution in [2.45, 2.75) is 19.9 Å². The summed E-state index contributed by atoms with van der Waals surface area (Å²) < 4.78 is 7.18. The van der Waals surface area contributed by atoms with Crippen LogP contribution < -0.4 is 10.1 Å². The molecule has 2 aromatic rings. The van der Waals surface area contributed by atoms with Crippen LogP contribution in [0, 0.1) is 0 Å². The Morgan fingerprint density at radius 1 is 1.39 bits per heavy atom. The zero-order valence-electron chi connectivity index (χ0n) is 10.7. The molecule has 0 atom stereocenters. The average molecular weight is 248 g/mol. The summed E-state index contributed by atoms with van der Waals surface area (Å²) >= 11 is 0. The molecule has 0 unspecified atom stereocenters. The van der Waals surface area contributed by atoms with Gasteiger partial charge < -0.3 is 10.1 Å². The number of methoxy groups -OCH3 is 1. The molecule has 0 aliphatic heterocycles. The van der Waals surface area contributed by atoms with Gasteiger partial charge in [-0.15, -0.1) is 5.10 Å². The fourth-order valence-corrected chi connectivity index (χ4v) is 1.75. The number of hydrogen-bond acceptors (Lipinski definition) is 6. The minimum absolute atomic E-state index is 0.597. The molecule has 7 heteroatoms. The molecule has 96 valence electrons. The second kappa shape index (κ2) is 5.44. The van der Waals surface area contributed by atoms with E-state index in [0.717, 1.165) is 18.7 Å². The fraction of sp³-hybridized carbons (Fsp3) is 0.455. The first kappa shape index (κ1) is 12.3. The maximum atomic E-state index is 5.37. The molecule has 2 aromatic heterocycles. The molecule has 0 saturated heterocycles. The van der Waals surface area contributed by atoms with Crippen LogP contribution in [0.2, 0.25) is 0 Å². The summed E-state index contributed by atoms with van der Waals surface area (Å²) in [6, 6.07) is 0. The Bertz CT molecular complexity index is 524. The van der Waals surface area contributed by atoms with Crippen molar-refractivity contribution in [1.29, 1.82) is 0 Å². The molecule has 18 heavy (non-hydrogen) atoms. The highest BCUT2D eigenvalue weighted by atomic mass is 16.5. The smallest absolute Gasteiger partial charge is 0.189 e. The summed E-state index contributed by atoms with van der Waals surface area (Å²) in [5, 5.41) is 10.9. The number of hydrogen-bond donors (Lipinski definition) is 1. The molecular weight excluding hydrogens is 232 g/mol. The van der Waals surface area contributed by atoms with E-state index in [0.29, 0.717) is 17.3 Å². The van der Waals surface area contributed by atoms with Crippen LogP contribution in [0.25, 0.3) is 11.4 Å². The first-order valence-electron chi connectivity index (χ1n) is 5.77. The Labute approximate surface area is 105 Å². The maximum absolute atomic E-state index is 5.37. The lowest BCUT2D eigenvalue weighted by Gasteiger charge is -2.11. The molecular formula is C11H16N6O. The molecule has 0 radical (unpaired) electrons. The predicted molar refractivity (Wildman–Crippen MR) is 67.4 cm³/mol. The van der Waals surface area contributed by atoms with Crippen molar-refractivity contribution in [2.24, 2.45) is 0 Å². The van der Waals surface area contributed by atoms with Gasteiger partial charge in [0.2, 0.25) is 0 Å². The molecule has 0 aromatic carbocycles. The Morgan fingerprint density at radius 3 is 2.89 bits per heavy atom. The Balaban J connectivity index is 2.52. The van der Waals surface area contributed by atoms with Gasteiger partial charge in [0, 0.05) is 13.6 Å². The summed E-state index contributed by atoms with van der Waals surface area (Å²) in [5.41, 5.74) is 1.52. The van der Waals surface area contributed by atoms with E-state index in [1.165, 1.54) is 6.33 Å². The second-order valence-electron chi connectivity index (χ2n) is 3.70. The second-order valence-corrected chi connectivity index (χ2v) is 3.70. The van der Waals surface area contributed by atoms with Gasteiger partial charge >= 0.3 is 0 Å². The standard InChI is InChI=1S/C11H16N6O/c1-4-5-17-8(6-15-16-17)9-10(18-3)11(12-2)14-7-13-9/h6-7H,4-5H2,1-3H3,(H,12,13,14). The molecule has 0 amide bonds. The molecule has 0 bridgehead atoms. The minimum atomic E-state index is 0.597. The predicted octanol–water partition coefficient (Wildman–Crippen LogP) is 1.20. The number of aryl methyl sites for hydroxylation is 1. The fourth-order valence-electron chi connectivity index (χ4n) is 1.75. The third-order valence-electron chi connectivity index (χ3n) is 2.54. The Kier molecular flexibility index (Phi) is 3.71. The summed E-state index contributed by atoms with van der Waals surface area (Å²) in [5.74, 6) is 1.24. The van der Waals surface area contributed by atoms with Crippen LogP contribution in [0.3, 0.4) is 0 Å². The zero-order valence-corrected chi connectivity index (χ0v) is 10.7. The number of rotatable bonds is 5. The van der Waals surface area contributed by atoms with Crippen LogP contribution in [-0.2, 0) is 6.54 Å². The van der Waals surface area contributed by atoms with E-state index < -0.39 is 0 Å². The first-order chi connectivity index (χ1) is 8.81. The molecule has 1 N–H and O–H groups in total. The van der Waals surface area contributed by atoms with Crippen LogP contribution >= 0.6 is 0 Å². The zero-order chi connectivity index (χ0) is 13.0. The van der Waals surface area contributed by atoms with Crippen LogP contribution in [0.15, 0.2) is 12.5 Å². The topological polar surface area (TPSA) is 77.8 Å². The first-order valence-corrected chi connectivity index (χ1v) is 5.77. The minimum Gasteiger partial charge on any atom is -0.491 e. The van der Waals surface area contributed by atoms with Crippen molar-refractivity contribution in [1.82, 2.24) is 25.0 Å². The number of nitrogens with one attached hydrogen (secondary N) is 1. The summed E-state index contributed by atoms with van der Waals surface area (Å²) in [7, 11) is 3.38. The van der Waals surface area contributed by atoms with Crippen LogP contribution in [0.1, 0.15) is 13.3 Å². The van der Waals surface area contributed by atoms with Gasteiger partial charge in [0.1, 0.15) is 17.7 Å². The van der Waals surface area contributed by atoms with Crippen molar-refractivity contribution in [3.05, 3.63) is 12.5 Å². The average Bonchev–Trinajstić information content (AvgIpc) is 2.86. The SMILES string of the molecule is CCCn1nncc1-c1ncnc(NC)c1OC. The van der Waals surface area contributed by atoms with Gasteiger partial charge in [-0.25, -0.2) is 14.6 Å². The molecule has 2 rings (SSSR count). The largest absolute Gasteiger partial charge is 0.491 e. The van der Waals surface area contributed by atoms with Gasteiger partial charge in [-0.3, -0.25) is 0 Å². The van der Waals surface area contributed by atoms with E-state index in [1.807, 2.05) is 4.68 Å². The number of ether oxygens (including phenoxy) is 1. The molecule has 0 saturated carbocycles. The van der Waals surface area contributed by atoms with Gasteiger partial charge in [-0.05, 0) is 6.42 Å². The van der Waals surface area contributed by atoms with E-state index in [9.17, 15) is 0 Å². The van der Waals surface area contributed by atoms with Crippen molar-refractivity contribution in [3.8, 4) is 17.1 Å². The molecule has 2 heterocycles. The van der Waals surface area contributed by atoms with Crippen molar-refractivity contribution < 1.29 is 4.74 Å². The lowest BCUT2D eigenvalue weighted by Crippen LogP contribution is -2.05. The molecule has 0 fully saturated rings. The molecule has 0 spiro atoms. The van der Waals surface area contributed by atoms with Crippen LogP contribution in [-0.4, -0.2) is 39.1 Å². The third kappa shape index (κ3) is 2.11. The monoisotopic (exact) mass is 248 g/mol. The van der Waals surface area contributed by atoms with E-state index in [1.54, 1.807) is 20.4 Å². The lowest BCUT2D eigenvalue weighted by atomic mass is 10.2. The van der Waals surface area contributed by atoms with Gasteiger partial charge in [-0.1, -0.05) is 12.1 Å². The van der Waals surface area contributed by atoms with Crippen LogP contribution in [0.5, 0.6) is 5.75 Å². The van der Waals surface area contributed by atoms with Crippen molar-refractivity contribution in [2.75, 3.05) is 19.5 Å². The van der Waals surface area contributed by atoms with Gasteiger partial charge in [0.15, 0.2) is 11.6 Å². The number of anilines is 1. The van der Waals surface area contributed by atoms with Gasteiger partial charge in [0.25, 0.3) is 0 Å². The Morgan fingerprint density at radius 2 is 2.22 bits per heavy atom. The van der Waals surface area contributed by atoms with Gasteiger partial charge in [-0.2, -0.15) is 0 Å². The van der Waals surface area contributed by atoms with E-state index in [-0.39, 0.29) is 0 Å². The summed E-state index contributed by atoms with van der Waals surface area (Å²) in [6.07, 6.45) is 4.15. The molecule has 0 aliphatic carbocycles. The number of nitrogens with zero attached hydrogens (tertiary/aromatic N) is 5. The van der Waals surface area contributed by atoms with Crippen molar-refractivity contribution in [3.63, 3.8) is 0 Å². The molecule has 7 nitrogen and oxygen atoms in total. The third-order valence-corrected chi connectivity index (χ3v) is 2.54. The van der Waals surface area contributed by atoms with E-state index in [4.69, 9.17) is 4.74 Å².